The molecule has 1 atom stereocenters. The third-order valence-corrected chi connectivity index (χ3v) is 7.53. The standard InChI is InChI=1S/C27H28N2O5S.C2H2O4/c1-28(14-16-32-21-11-12-23-24(17-21)34-18-33-23)13-15-31-20-9-7-19(8-10-20)26-27(30)29(2)22-5-3-4-6-25(22)35-26;3-1(4)2(5)6/h3-12,17,26H,13-16,18H2,1-2H3;(H,3,4)(H,5,6). The fourth-order valence-electron chi connectivity index (χ4n) is 3.97. The number of carboxylic acid groups (broad SMARTS) is 2. The Morgan fingerprint density at radius 1 is 0.927 bits per heavy atom. The first kappa shape index (κ1) is 29.6. The lowest BCUT2D eigenvalue weighted by Crippen LogP contribution is -2.33. The van der Waals surface area contributed by atoms with Crippen molar-refractivity contribution in [1.82, 2.24) is 4.90 Å². The summed E-state index contributed by atoms with van der Waals surface area (Å²) in [5.74, 6) is -0.527. The van der Waals surface area contributed by atoms with E-state index in [1.807, 2.05) is 74.8 Å². The normalized spacial score (nSPS) is 15.0. The van der Waals surface area contributed by atoms with Crippen LogP contribution < -0.4 is 23.8 Å². The second-order valence-corrected chi connectivity index (χ2v) is 10.2. The predicted molar refractivity (Wildman–Crippen MR) is 151 cm³/mol. The minimum atomic E-state index is -1.82. The Kier molecular flexibility index (Phi) is 9.93. The highest BCUT2D eigenvalue weighted by Crippen LogP contribution is 2.46. The van der Waals surface area contributed by atoms with Gasteiger partial charge in [0.2, 0.25) is 12.7 Å². The molecule has 0 bridgehead atoms. The molecule has 0 aromatic heterocycles. The molecule has 3 aromatic carbocycles. The van der Waals surface area contributed by atoms with E-state index in [1.54, 1.807) is 16.7 Å². The molecule has 0 saturated carbocycles. The number of carbonyl (C=O) groups excluding carboxylic acids is 1. The van der Waals surface area contributed by atoms with Crippen LogP contribution in [0.4, 0.5) is 5.69 Å². The molecule has 3 aromatic rings. The number of aliphatic carboxylic acids is 2. The van der Waals surface area contributed by atoms with E-state index < -0.39 is 11.9 Å². The average Bonchev–Trinajstić information content (AvgIpc) is 3.44. The van der Waals surface area contributed by atoms with Gasteiger partial charge in [0.05, 0.1) is 5.69 Å². The van der Waals surface area contributed by atoms with E-state index in [9.17, 15) is 4.79 Å². The number of hydrogen-bond donors (Lipinski definition) is 2. The first-order valence-electron chi connectivity index (χ1n) is 12.7. The Labute approximate surface area is 241 Å². The molecule has 1 amide bonds. The van der Waals surface area contributed by atoms with Crippen molar-refractivity contribution in [2.75, 3.05) is 52.1 Å². The van der Waals surface area contributed by atoms with Gasteiger partial charge in [-0.1, -0.05) is 24.3 Å². The summed E-state index contributed by atoms with van der Waals surface area (Å²) in [7, 11) is 3.87. The molecule has 0 saturated heterocycles. The molecule has 2 aliphatic rings. The molecule has 0 spiro atoms. The highest BCUT2D eigenvalue weighted by atomic mass is 32.2. The van der Waals surface area contributed by atoms with Gasteiger partial charge in [-0.05, 0) is 49.0 Å². The van der Waals surface area contributed by atoms with Gasteiger partial charge < -0.3 is 34.1 Å². The summed E-state index contributed by atoms with van der Waals surface area (Å²) >= 11 is 1.60. The number of hydrogen-bond acceptors (Lipinski definition) is 9. The largest absolute Gasteiger partial charge is 0.492 e. The van der Waals surface area contributed by atoms with Crippen LogP contribution in [0, 0.1) is 0 Å². The number of amides is 1. The topological polar surface area (TPSA) is 135 Å². The Morgan fingerprint density at radius 2 is 1.54 bits per heavy atom. The number of nitrogens with zero attached hydrogens (tertiary/aromatic N) is 2. The van der Waals surface area contributed by atoms with Crippen LogP contribution in [0.1, 0.15) is 10.8 Å². The summed E-state index contributed by atoms with van der Waals surface area (Å²) in [6.45, 7) is 2.92. The minimum absolute atomic E-state index is 0.0898. The summed E-state index contributed by atoms with van der Waals surface area (Å²) < 4.78 is 22.4. The lowest BCUT2D eigenvalue weighted by molar-refractivity contribution is -0.159. The number of ether oxygens (including phenoxy) is 4. The zero-order valence-electron chi connectivity index (χ0n) is 22.5. The predicted octanol–water partition coefficient (Wildman–Crippen LogP) is 3.77. The fourth-order valence-corrected chi connectivity index (χ4v) is 5.26. The summed E-state index contributed by atoms with van der Waals surface area (Å²) in [4.78, 5) is 36.1. The van der Waals surface area contributed by atoms with Crippen LogP contribution >= 0.6 is 11.8 Å². The summed E-state index contributed by atoms with van der Waals surface area (Å²) in [6, 6.07) is 21.4. The maximum Gasteiger partial charge on any atom is 0.414 e. The molecular formula is C29H30N2O9S. The van der Waals surface area contributed by atoms with Gasteiger partial charge in [-0.2, -0.15) is 0 Å². The van der Waals surface area contributed by atoms with Gasteiger partial charge in [0.25, 0.3) is 0 Å². The highest BCUT2D eigenvalue weighted by Gasteiger charge is 2.32. The molecule has 11 nitrogen and oxygen atoms in total. The molecular weight excluding hydrogens is 552 g/mol. The molecule has 2 aliphatic heterocycles. The maximum atomic E-state index is 12.9. The Balaban J connectivity index is 0.000000585. The first-order chi connectivity index (χ1) is 19.7. The van der Waals surface area contributed by atoms with Crippen LogP contribution in [0.25, 0.3) is 0 Å². The summed E-state index contributed by atoms with van der Waals surface area (Å²) in [6.07, 6.45) is 0. The van der Waals surface area contributed by atoms with Gasteiger partial charge >= 0.3 is 11.9 Å². The van der Waals surface area contributed by atoms with E-state index in [0.717, 1.165) is 52.2 Å². The average molecular weight is 583 g/mol. The van der Waals surface area contributed by atoms with Crippen molar-refractivity contribution >= 4 is 35.3 Å². The Bertz CT molecular complexity index is 1370. The van der Waals surface area contributed by atoms with Crippen molar-refractivity contribution in [2.45, 2.75) is 10.1 Å². The van der Waals surface area contributed by atoms with Gasteiger partial charge in [-0.3, -0.25) is 9.69 Å². The molecule has 12 heteroatoms. The Morgan fingerprint density at radius 3 is 2.22 bits per heavy atom. The second-order valence-electron chi connectivity index (χ2n) is 9.06. The van der Waals surface area contributed by atoms with Gasteiger partial charge in [-0.15, -0.1) is 11.8 Å². The summed E-state index contributed by atoms with van der Waals surface area (Å²) in [5.41, 5.74) is 1.94. The SMILES string of the molecule is CN(CCOc1ccc(C2Sc3ccccc3N(C)C2=O)cc1)CCOc1ccc2c(c1)OCO2.O=C(O)C(=O)O. The van der Waals surface area contributed by atoms with Crippen molar-refractivity contribution in [1.29, 1.82) is 0 Å². The van der Waals surface area contributed by atoms with Crippen LogP contribution in [-0.4, -0.2) is 80.2 Å². The van der Waals surface area contributed by atoms with Crippen molar-refractivity contribution in [2.24, 2.45) is 0 Å². The van der Waals surface area contributed by atoms with Crippen LogP contribution in [0.2, 0.25) is 0 Å². The van der Waals surface area contributed by atoms with Gasteiger partial charge in [0, 0.05) is 31.1 Å². The van der Waals surface area contributed by atoms with Gasteiger partial charge in [-0.25, -0.2) is 9.59 Å². The van der Waals surface area contributed by atoms with Crippen molar-refractivity contribution < 1.29 is 43.5 Å². The van der Waals surface area contributed by atoms with E-state index in [-0.39, 0.29) is 18.0 Å². The lowest BCUT2D eigenvalue weighted by atomic mass is 10.1. The van der Waals surface area contributed by atoms with E-state index >= 15 is 0 Å². The van der Waals surface area contributed by atoms with E-state index in [1.165, 1.54) is 0 Å². The van der Waals surface area contributed by atoms with Crippen molar-refractivity contribution in [3.8, 4) is 23.0 Å². The Hall–Kier alpha value is -4.42. The molecule has 216 valence electrons. The van der Waals surface area contributed by atoms with Crippen molar-refractivity contribution in [3.05, 3.63) is 72.3 Å². The number of anilines is 1. The molecule has 1 unspecified atom stereocenters. The van der Waals surface area contributed by atoms with Crippen LogP contribution in [0.15, 0.2) is 71.6 Å². The van der Waals surface area contributed by atoms with Crippen LogP contribution in [-0.2, 0) is 14.4 Å². The van der Waals surface area contributed by atoms with E-state index in [2.05, 4.69) is 11.0 Å². The number of fused-ring (bicyclic) bond motifs is 2. The molecule has 0 aliphatic carbocycles. The smallest absolute Gasteiger partial charge is 0.414 e. The number of rotatable bonds is 9. The van der Waals surface area contributed by atoms with Gasteiger partial charge in [0.15, 0.2) is 11.5 Å². The zero-order chi connectivity index (χ0) is 29.4. The summed E-state index contributed by atoms with van der Waals surface area (Å²) in [5, 5.41) is 14.5. The lowest BCUT2D eigenvalue weighted by Gasteiger charge is -2.31. The number of thioether (sulfide) groups is 1. The number of likely N-dealkylation sites (N-methyl/N-ethyl adjacent to an activating group) is 2. The second kappa shape index (κ2) is 13.8. The number of para-hydroxylation sites is 1. The van der Waals surface area contributed by atoms with Gasteiger partial charge in [0.1, 0.15) is 30.0 Å². The molecule has 0 fully saturated rings. The molecule has 2 N–H and O–H groups in total. The highest BCUT2D eigenvalue weighted by molar-refractivity contribution is 8.00. The van der Waals surface area contributed by atoms with Crippen molar-refractivity contribution in [3.63, 3.8) is 0 Å². The minimum Gasteiger partial charge on any atom is -0.492 e. The maximum absolute atomic E-state index is 12.9. The van der Waals surface area contributed by atoms with E-state index in [0.29, 0.717) is 13.2 Å². The third kappa shape index (κ3) is 7.83. The molecule has 41 heavy (non-hydrogen) atoms. The fraction of sp³-hybridized carbons (Fsp3) is 0.276. The van der Waals surface area contributed by atoms with E-state index in [4.69, 9.17) is 38.7 Å². The monoisotopic (exact) mass is 582 g/mol. The van der Waals surface area contributed by atoms with Crippen LogP contribution in [0.3, 0.4) is 0 Å². The number of carbonyl (C=O) groups is 3. The zero-order valence-corrected chi connectivity index (χ0v) is 23.3. The molecule has 5 rings (SSSR count). The number of benzene rings is 3. The first-order valence-corrected chi connectivity index (χ1v) is 13.5. The molecule has 0 radical (unpaired) electrons. The quantitative estimate of drug-likeness (QED) is 0.357. The third-order valence-electron chi connectivity index (χ3n) is 6.22. The van der Waals surface area contributed by atoms with Crippen LogP contribution in [0.5, 0.6) is 23.0 Å². The molecule has 2 heterocycles. The number of carboxylic acids is 2.